The first-order valence-electron chi connectivity index (χ1n) is 9.79. The first-order chi connectivity index (χ1) is 15.7. The zero-order chi connectivity index (χ0) is 25.6. The molecule has 1 aromatic heterocycles. The van der Waals surface area contributed by atoms with Gasteiger partial charge in [0.2, 0.25) is 5.82 Å². The van der Waals surface area contributed by atoms with Gasteiger partial charge in [0.05, 0.1) is 12.5 Å². The van der Waals surface area contributed by atoms with Gasteiger partial charge in [-0.1, -0.05) is 13.0 Å². The first-order valence-corrected chi connectivity index (χ1v) is 9.79. The van der Waals surface area contributed by atoms with Crippen LogP contribution in [0.1, 0.15) is 35.8 Å². The summed E-state index contributed by atoms with van der Waals surface area (Å²) in [7, 11) is 1.01. The first kappa shape index (κ1) is 25.1. The van der Waals surface area contributed by atoms with Crippen molar-refractivity contribution < 1.29 is 46.2 Å². The second kappa shape index (κ2) is 8.70. The molecule has 13 heteroatoms. The number of nitrogens with two attached hydrogens (primary N) is 1. The van der Waals surface area contributed by atoms with Crippen LogP contribution in [-0.4, -0.2) is 46.7 Å². The number of hydrogen-bond donors (Lipinski definition) is 2. The van der Waals surface area contributed by atoms with E-state index in [-0.39, 0.29) is 10.9 Å². The van der Waals surface area contributed by atoms with Crippen LogP contribution in [0.5, 0.6) is 5.75 Å². The fourth-order valence-corrected chi connectivity index (χ4v) is 3.95. The Labute approximate surface area is 189 Å². The van der Waals surface area contributed by atoms with E-state index in [0.29, 0.717) is 10.8 Å². The Hall–Kier alpha value is -3.48. The third kappa shape index (κ3) is 4.11. The molecule has 0 spiro atoms. The maximum absolute atomic E-state index is 14.4. The van der Waals surface area contributed by atoms with Gasteiger partial charge in [-0.2, -0.15) is 22.3 Å². The van der Waals surface area contributed by atoms with Crippen molar-refractivity contribution in [2.45, 2.75) is 37.6 Å². The summed E-state index contributed by atoms with van der Waals surface area (Å²) in [5.41, 5.74) is 1.61. The van der Waals surface area contributed by atoms with Gasteiger partial charge in [0.1, 0.15) is 11.8 Å². The average molecular weight is 489 g/mol. The van der Waals surface area contributed by atoms with E-state index < -0.39 is 64.6 Å². The van der Waals surface area contributed by atoms with Gasteiger partial charge in [-0.3, -0.25) is 9.59 Å². The van der Waals surface area contributed by atoms with Gasteiger partial charge in [0.25, 0.3) is 11.8 Å². The molecule has 0 radical (unpaired) electrons. The Morgan fingerprint density at radius 1 is 1.26 bits per heavy atom. The fraction of sp³-hybridized carbons (Fsp3) is 0.381. The fourth-order valence-electron chi connectivity index (χ4n) is 3.95. The van der Waals surface area contributed by atoms with Crippen LogP contribution in [0.2, 0.25) is 0 Å². The number of hydrogen-bond acceptors (Lipinski definition) is 5. The number of benzene rings is 1. The van der Waals surface area contributed by atoms with E-state index in [1.54, 1.807) is 0 Å². The Balaban J connectivity index is 2.18. The van der Waals surface area contributed by atoms with Gasteiger partial charge < -0.3 is 20.4 Å². The van der Waals surface area contributed by atoms with Gasteiger partial charge in [0.15, 0.2) is 17.2 Å². The molecular weight excluding hydrogens is 469 g/mol. The second-order valence-corrected chi connectivity index (χ2v) is 7.87. The summed E-state index contributed by atoms with van der Waals surface area (Å²) in [4.78, 5) is 28.1. The predicted molar refractivity (Wildman–Crippen MR) is 105 cm³/mol. The zero-order valence-corrected chi connectivity index (χ0v) is 18.1. The highest BCUT2D eigenvalue weighted by Crippen LogP contribution is 2.55. The molecular formula is C21H20F5N3O5. The number of aromatic nitrogens is 1. The van der Waals surface area contributed by atoms with Gasteiger partial charge >= 0.3 is 6.18 Å². The van der Waals surface area contributed by atoms with Gasteiger partial charge in [-0.05, 0) is 25.1 Å². The Morgan fingerprint density at radius 3 is 2.47 bits per heavy atom. The molecule has 0 saturated carbocycles. The molecule has 0 aliphatic carbocycles. The van der Waals surface area contributed by atoms with Crippen LogP contribution in [0, 0.1) is 17.6 Å². The van der Waals surface area contributed by atoms with Crippen molar-refractivity contribution in [1.29, 1.82) is 0 Å². The minimum Gasteiger partial charge on any atom is -0.493 e. The number of carbonyl (C=O) groups excluding carboxylic acids is 2. The molecule has 4 atom stereocenters. The van der Waals surface area contributed by atoms with Crippen LogP contribution in [-0.2, 0) is 9.53 Å². The summed E-state index contributed by atoms with van der Waals surface area (Å²) >= 11 is 0. The highest BCUT2D eigenvalue weighted by molar-refractivity contribution is 5.91. The third-order valence-corrected chi connectivity index (χ3v) is 5.97. The molecule has 0 bridgehead atoms. The monoisotopic (exact) mass is 489 g/mol. The lowest BCUT2D eigenvalue weighted by Crippen LogP contribution is -2.47. The maximum atomic E-state index is 14.4. The minimum atomic E-state index is -4.93. The molecule has 3 N–H and O–H groups in total. The normalized spacial score (nSPS) is 25.4. The van der Waals surface area contributed by atoms with E-state index in [9.17, 15) is 36.7 Å². The van der Waals surface area contributed by atoms with Gasteiger partial charge in [0, 0.05) is 23.6 Å². The van der Waals surface area contributed by atoms with Crippen LogP contribution in [0.15, 0.2) is 35.5 Å². The number of pyridine rings is 1. The van der Waals surface area contributed by atoms with Crippen molar-refractivity contribution in [2.24, 2.45) is 16.6 Å². The van der Waals surface area contributed by atoms with E-state index >= 15 is 0 Å². The molecule has 1 aliphatic heterocycles. The number of primary amides is 1. The van der Waals surface area contributed by atoms with E-state index in [0.717, 1.165) is 45.4 Å². The number of ether oxygens (including phenoxy) is 2. The molecule has 2 aromatic rings. The van der Waals surface area contributed by atoms with Crippen molar-refractivity contribution in [2.75, 3.05) is 7.11 Å². The summed E-state index contributed by atoms with van der Waals surface area (Å²) in [5.74, 6) is -8.53. The van der Waals surface area contributed by atoms with Crippen molar-refractivity contribution in [3.05, 3.63) is 58.7 Å². The predicted octanol–water partition coefficient (Wildman–Crippen LogP) is 2.68. The van der Waals surface area contributed by atoms with Crippen molar-refractivity contribution >= 4 is 11.8 Å². The topological polar surface area (TPSA) is 116 Å². The molecule has 1 fully saturated rings. The van der Waals surface area contributed by atoms with E-state index in [2.05, 4.69) is 4.99 Å². The number of methoxy groups -OCH3 is 1. The number of halogens is 5. The minimum absolute atomic E-state index is 0.211. The number of alkyl halides is 3. The van der Waals surface area contributed by atoms with Crippen molar-refractivity contribution in [1.82, 2.24) is 4.73 Å². The number of nitrogens with zero attached hydrogens (tertiary/aromatic N) is 2. The smallest absolute Gasteiger partial charge is 0.417 e. The van der Waals surface area contributed by atoms with Gasteiger partial charge in [-0.25, -0.2) is 9.38 Å². The van der Waals surface area contributed by atoms with Gasteiger partial charge in [-0.15, -0.1) is 0 Å². The van der Waals surface area contributed by atoms with E-state index in [4.69, 9.17) is 15.2 Å². The third-order valence-electron chi connectivity index (χ3n) is 5.97. The summed E-state index contributed by atoms with van der Waals surface area (Å²) < 4.78 is 80.4. The largest absolute Gasteiger partial charge is 0.493 e. The van der Waals surface area contributed by atoms with Crippen molar-refractivity contribution in [3.8, 4) is 5.75 Å². The summed E-state index contributed by atoms with van der Waals surface area (Å²) in [6.45, 7) is 1.90. The Kier molecular flexibility index (Phi) is 6.44. The van der Waals surface area contributed by atoms with E-state index in [1.165, 1.54) is 0 Å². The SMILES string of the molecule is COc1c(C2[C@H](C(=O)N=c3ccn(O)c(C(N)=O)c3)O[C@@](C)(C(F)(F)F)[C@H]2C)ccc(F)c1F. The second-order valence-electron chi connectivity index (χ2n) is 7.87. The molecule has 2 heterocycles. The average Bonchev–Trinajstić information content (AvgIpc) is 3.03. The maximum Gasteiger partial charge on any atom is 0.417 e. The molecule has 1 saturated heterocycles. The molecule has 3 rings (SSSR count). The number of rotatable bonds is 4. The number of amides is 2. The van der Waals surface area contributed by atoms with Crippen molar-refractivity contribution in [3.63, 3.8) is 0 Å². The molecule has 8 nitrogen and oxygen atoms in total. The Bertz CT molecular complexity index is 1210. The standard InChI is InChI=1S/C21H20F5N3O5/c1-9-14(11-4-5-12(22)15(23)16(11)33-3)17(34-20(9,2)21(24,25)26)19(31)28-10-6-7-29(32)13(8-10)18(27)30/h4-9,14,17,32H,1-3H3,(H2,27,30)/t9-,14?,17+,20+/m0/s1. The molecule has 184 valence electrons. The molecule has 1 unspecified atom stereocenters. The highest BCUT2D eigenvalue weighted by atomic mass is 19.4. The summed E-state index contributed by atoms with van der Waals surface area (Å²) in [6, 6.07) is 3.76. The van der Waals surface area contributed by atoms with Crippen LogP contribution in [0.4, 0.5) is 22.0 Å². The zero-order valence-electron chi connectivity index (χ0n) is 18.1. The molecule has 1 aromatic carbocycles. The molecule has 2 amide bonds. The van der Waals surface area contributed by atoms with Crippen LogP contribution < -0.4 is 15.8 Å². The quantitative estimate of drug-likeness (QED) is 0.506. The van der Waals surface area contributed by atoms with Crippen LogP contribution in [0.3, 0.4) is 0 Å². The molecule has 34 heavy (non-hydrogen) atoms. The highest BCUT2D eigenvalue weighted by Gasteiger charge is 2.65. The summed E-state index contributed by atoms with van der Waals surface area (Å²) in [6.07, 6.45) is -5.86. The van der Waals surface area contributed by atoms with Crippen LogP contribution in [0.25, 0.3) is 0 Å². The molecule has 1 aliphatic rings. The van der Waals surface area contributed by atoms with E-state index in [1.807, 2.05) is 0 Å². The number of carbonyl (C=O) groups is 2. The Morgan fingerprint density at radius 2 is 1.91 bits per heavy atom. The lowest BCUT2D eigenvalue weighted by molar-refractivity contribution is -0.272. The lowest BCUT2D eigenvalue weighted by Gasteiger charge is -2.32. The van der Waals surface area contributed by atoms with Crippen LogP contribution >= 0.6 is 0 Å². The summed E-state index contributed by atoms with van der Waals surface area (Å²) in [5, 5.41) is 9.39. The lowest BCUT2D eigenvalue weighted by atomic mass is 9.77.